The van der Waals surface area contributed by atoms with Gasteiger partial charge in [0.2, 0.25) is 5.91 Å². The first-order valence-corrected chi connectivity index (χ1v) is 8.38. The van der Waals surface area contributed by atoms with Gasteiger partial charge in [0.25, 0.3) is 0 Å². The van der Waals surface area contributed by atoms with Gasteiger partial charge in [0, 0.05) is 12.6 Å². The quantitative estimate of drug-likeness (QED) is 0.787. The predicted octanol–water partition coefficient (Wildman–Crippen LogP) is 2.62. The SMILES string of the molecule is CCC1CCCCN1C(=O)CNCCc1ccccc1OC. The Bertz CT molecular complexity index is 476. The molecule has 1 unspecified atom stereocenters. The van der Waals surface area contributed by atoms with Gasteiger partial charge in [0.15, 0.2) is 0 Å². The Hall–Kier alpha value is -1.55. The number of benzene rings is 1. The molecule has 122 valence electrons. The van der Waals surface area contributed by atoms with Crippen LogP contribution in [0, 0.1) is 0 Å². The third kappa shape index (κ3) is 4.47. The largest absolute Gasteiger partial charge is 0.496 e. The molecule has 0 radical (unpaired) electrons. The number of hydrogen-bond acceptors (Lipinski definition) is 3. The molecule has 1 aromatic carbocycles. The average molecular weight is 304 g/mol. The molecule has 0 aliphatic carbocycles. The number of nitrogens with zero attached hydrogens (tertiary/aromatic N) is 1. The van der Waals surface area contributed by atoms with Crippen molar-refractivity contribution >= 4 is 5.91 Å². The molecular formula is C18H28N2O2. The maximum absolute atomic E-state index is 12.3. The van der Waals surface area contributed by atoms with E-state index in [2.05, 4.69) is 23.2 Å². The highest BCUT2D eigenvalue weighted by molar-refractivity contribution is 5.78. The van der Waals surface area contributed by atoms with Gasteiger partial charge in [0.1, 0.15) is 5.75 Å². The van der Waals surface area contributed by atoms with Crippen LogP contribution in [0.5, 0.6) is 5.75 Å². The number of methoxy groups -OCH3 is 1. The second-order valence-corrected chi connectivity index (χ2v) is 5.88. The van der Waals surface area contributed by atoms with Crippen LogP contribution in [0.3, 0.4) is 0 Å². The summed E-state index contributed by atoms with van der Waals surface area (Å²) in [4.78, 5) is 14.4. The Morgan fingerprint density at radius 1 is 1.36 bits per heavy atom. The normalized spacial score (nSPS) is 18.3. The standard InChI is InChI=1S/C18H28N2O2/c1-3-16-9-6-7-13-20(16)18(21)14-19-12-11-15-8-4-5-10-17(15)22-2/h4-5,8,10,16,19H,3,6-7,9,11-14H2,1-2H3. The zero-order chi connectivity index (χ0) is 15.8. The molecule has 1 fully saturated rings. The van der Waals surface area contributed by atoms with E-state index in [0.717, 1.165) is 44.5 Å². The fourth-order valence-electron chi connectivity index (χ4n) is 3.18. The van der Waals surface area contributed by atoms with Gasteiger partial charge in [-0.15, -0.1) is 0 Å². The third-order valence-electron chi connectivity index (χ3n) is 4.46. The molecule has 1 aliphatic heterocycles. The van der Waals surface area contributed by atoms with Gasteiger partial charge in [0.05, 0.1) is 13.7 Å². The Balaban J connectivity index is 1.75. The molecule has 22 heavy (non-hydrogen) atoms. The number of para-hydroxylation sites is 1. The van der Waals surface area contributed by atoms with Crippen LogP contribution < -0.4 is 10.1 Å². The summed E-state index contributed by atoms with van der Waals surface area (Å²) in [5.41, 5.74) is 1.18. The first kappa shape index (κ1) is 16.8. The maximum Gasteiger partial charge on any atom is 0.236 e. The monoisotopic (exact) mass is 304 g/mol. The summed E-state index contributed by atoms with van der Waals surface area (Å²) in [7, 11) is 1.69. The van der Waals surface area contributed by atoms with E-state index in [-0.39, 0.29) is 5.91 Å². The summed E-state index contributed by atoms with van der Waals surface area (Å²) in [6.07, 6.45) is 5.48. The van der Waals surface area contributed by atoms with E-state index >= 15 is 0 Å². The van der Waals surface area contributed by atoms with Crippen molar-refractivity contribution in [2.75, 3.05) is 26.7 Å². The number of amides is 1. The van der Waals surface area contributed by atoms with Gasteiger partial charge in [-0.25, -0.2) is 0 Å². The van der Waals surface area contributed by atoms with Crippen LogP contribution in [0.15, 0.2) is 24.3 Å². The van der Waals surface area contributed by atoms with Gasteiger partial charge in [-0.2, -0.15) is 0 Å². The number of carbonyl (C=O) groups is 1. The van der Waals surface area contributed by atoms with Crippen molar-refractivity contribution in [3.63, 3.8) is 0 Å². The molecule has 2 rings (SSSR count). The molecule has 1 aromatic rings. The number of rotatable bonds is 7. The van der Waals surface area contributed by atoms with Crippen LogP contribution in [0.1, 0.15) is 38.2 Å². The first-order valence-electron chi connectivity index (χ1n) is 8.38. The highest BCUT2D eigenvalue weighted by atomic mass is 16.5. The van der Waals surface area contributed by atoms with E-state index in [4.69, 9.17) is 4.74 Å². The number of carbonyl (C=O) groups excluding carboxylic acids is 1. The molecule has 0 bridgehead atoms. The van der Waals surface area contributed by atoms with Crippen LogP contribution in [0.4, 0.5) is 0 Å². The summed E-state index contributed by atoms with van der Waals surface area (Å²) >= 11 is 0. The zero-order valence-corrected chi connectivity index (χ0v) is 13.8. The Morgan fingerprint density at radius 2 is 2.18 bits per heavy atom. The van der Waals surface area contributed by atoms with Crippen LogP contribution in [0.25, 0.3) is 0 Å². The van der Waals surface area contributed by atoms with Crippen LogP contribution >= 0.6 is 0 Å². The fourth-order valence-corrected chi connectivity index (χ4v) is 3.18. The van der Waals surface area contributed by atoms with Crippen molar-refractivity contribution in [3.05, 3.63) is 29.8 Å². The molecule has 1 atom stereocenters. The number of nitrogens with one attached hydrogen (secondary N) is 1. The summed E-state index contributed by atoms with van der Waals surface area (Å²) in [6, 6.07) is 8.47. The van der Waals surface area contributed by atoms with Crippen molar-refractivity contribution in [2.24, 2.45) is 0 Å². The number of likely N-dealkylation sites (tertiary alicyclic amines) is 1. The summed E-state index contributed by atoms with van der Waals surface area (Å²) in [5, 5.41) is 3.28. The van der Waals surface area contributed by atoms with Crippen molar-refractivity contribution in [1.82, 2.24) is 10.2 Å². The minimum absolute atomic E-state index is 0.242. The molecule has 4 nitrogen and oxygen atoms in total. The lowest BCUT2D eigenvalue weighted by Gasteiger charge is -2.35. The Morgan fingerprint density at radius 3 is 2.95 bits per heavy atom. The minimum atomic E-state index is 0.242. The molecule has 1 amide bonds. The highest BCUT2D eigenvalue weighted by Gasteiger charge is 2.24. The molecular weight excluding hydrogens is 276 g/mol. The second-order valence-electron chi connectivity index (χ2n) is 5.88. The average Bonchev–Trinajstić information content (AvgIpc) is 2.58. The second kappa shape index (κ2) is 8.79. The van der Waals surface area contributed by atoms with Gasteiger partial charge >= 0.3 is 0 Å². The number of piperidine rings is 1. The summed E-state index contributed by atoms with van der Waals surface area (Å²) in [6.45, 7) is 4.32. The van der Waals surface area contributed by atoms with Gasteiger partial charge in [-0.1, -0.05) is 25.1 Å². The van der Waals surface area contributed by atoms with Crippen molar-refractivity contribution < 1.29 is 9.53 Å². The predicted molar refractivity (Wildman–Crippen MR) is 89.2 cm³/mol. The van der Waals surface area contributed by atoms with Crippen molar-refractivity contribution in [3.8, 4) is 5.75 Å². The smallest absolute Gasteiger partial charge is 0.236 e. The molecule has 4 heteroatoms. The molecule has 1 N–H and O–H groups in total. The van der Waals surface area contributed by atoms with Gasteiger partial charge < -0.3 is 15.0 Å². The lowest BCUT2D eigenvalue weighted by molar-refractivity contribution is -0.133. The van der Waals surface area contributed by atoms with Crippen LogP contribution in [-0.2, 0) is 11.2 Å². The zero-order valence-electron chi connectivity index (χ0n) is 13.8. The number of ether oxygens (including phenoxy) is 1. The third-order valence-corrected chi connectivity index (χ3v) is 4.46. The van der Waals surface area contributed by atoms with E-state index in [0.29, 0.717) is 12.6 Å². The topological polar surface area (TPSA) is 41.6 Å². The minimum Gasteiger partial charge on any atom is -0.496 e. The Labute approximate surface area is 133 Å². The van der Waals surface area contributed by atoms with Gasteiger partial charge in [-0.05, 0) is 50.3 Å². The van der Waals surface area contributed by atoms with Crippen molar-refractivity contribution in [1.29, 1.82) is 0 Å². The molecule has 1 heterocycles. The van der Waals surface area contributed by atoms with E-state index in [9.17, 15) is 4.79 Å². The van der Waals surface area contributed by atoms with E-state index < -0.39 is 0 Å². The van der Waals surface area contributed by atoms with E-state index in [1.807, 2.05) is 18.2 Å². The van der Waals surface area contributed by atoms with E-state index in [1.54, 1.807) is 7.11 Å². The maximum atomic E-state index is 12.3. The molecule has 1 saturated heterocycles. The lowest BCUT2D eigenvalue weighted by Crippen LogP contribution is -2.47. The summed E-state index contributed by atoms with van der Waals surface area (Å²) < 4.78 is 5.34. The fraction of sp³-hybridized carbons (Fsp3) is 0.611. The summed E-state index contributed by atoms with van der Waals surface area (Å²) in [5.74, 6) is 1.16. The van der Waals surface area contributed by atoms with Crippen LogP contribution in [-0.4, -0.2) is 43.6 Å². The molecule has 1 aliphatic rings. The van der Waals surface area contributed by atoms with Gasteiger partial charge in [-0.3, -0.25) is 4.79 Å². The lowest BCUT2D eigenvalue weighted by atomic mass is 10.00. The Kier molecular flexibility index (Phi) is 6.72. The molecule has 0 saturated carbocycles. The molecule has 0 aromatic heterocycles. The first-order chi connectivity index (χ1) is 10.8. The van der Waals surface area contributed by atoms with Crippen LogP contribution in [0.2, 0.25) is 0 Å². The van der Waals surface area contributed by atoms with Crippen molar-refractivity contribution in [2.45, 2.75) is 45.1 Å². The molecule has 0 spiro atoms. The van der Waals surface area contributed by atoms with E-state index in [1.165, 1.54) is 12.0 Å². The highest BCUT2D eigenvalue weighted by Crippen LogP contribution is 2.19. The number of hydrogen-bond donors (Lipinski definition) is 1.